The van der Waals surface area contributed by atoms with Crippen molar-refractivity contribution < 1.29 is 14.8 Å². The highest BCUT2D eigenvalue weighted by Gasteiger charge is 2.20. The van der Waals surface area contributed by atoms with Gasteiger partial charge in [0, 0.05) is 20.8 Å². The number of hydrogen-bond acceptors (Lipinski definition) is 5. The van der Waals surface area contributed by atoms with Gasteiger partial charge in [-0.2, -0.15) is 0 Å². The normalized spacial score (nSPS) is 11.8. The van der Waals surface area contributed by atoms with E-state index in [9.17, 15) is 20.0 Å². The van der Waals surface area contributed by atoms with Crippen molar-refractivity contribution >= 4 is 34.5 Å². The van der Waals surface area contributed by atoms with E-state index in [0.717, 1.165) is 15.3 Å². The van der Waals surface area contributed by atoms with Crippen LogP contribution in [0.2, 0.25) is 5.02 Å². The predicted octanol–water partition coefficient (Wildman–Crippen LogP) is 4.32. The summed E-state index contributed by atoms with van der Waals surface area (Å²) in [5, 5.41) is 24.4. The number of amides is 1. The van der Waals surface area contributed by atoms with Gasteiger partial charge in [-0.3, -0.25) is 14.9 Å². The standard InChI is InChI=1S/C19H15ClN2O4S/c20-13-6-8-16(22(25)26)15(10-13)19(24)21-11-14-7-9-17(27-14)18(23)12-4-2-1-3-5-12/h1-10,18,23H,11H2,(H,21,24). The lowest BCUT2D eigenvalue weighted by Gasteiger charge is -2.08. The molecule has 6 nitrogen and oxygen atoms in total. The van der Waals surface area contributed by atoms with Crippen molar-refractivity contribution in [1.82, 2.24) is 5.32 Å². The largest absolute Gasteiger partial charge is 0.383 e. The van der Waals surface area contributed by atoms with E-state index in [1.54, 1.807) is 12.1 Å². The zero-order valence-electron chi connectivity index (χ0n) is 14.0. The molecule has 1 unspecified atom stereocenters. The van der Waals surface area contributed by atoms with Crippen LogP contribution in [-0.2, 0) is 6.54 Å². The van der Waals surface area contributed by atoms with Gasteiger partial charge in [0.1, 0.15) is 11.7 Å². The summed E-state index contributed by atoms with van der Waals surface area (Å²) in [7, 11) is 0. The Kier molecular flexibility index (Phi) is 5.85. The highest BCUT2D eigenvalue weighted by Crippen LogP contribution is 2.28. The maximum absolute atomic E-state index is 12.3. The topological polar surface area (TPSA) is 92.5 Å². The van der Waals surface area contributed by atoms with Crippen LogP contribution in [0.25, 0.3) is 0 Å². The van der Waals surface area contributed by atoms with Gasteiger partial charge < -0.3 is 10.4 Å². The highest BCUT2D eigenvalue weighted by atomic mass is 35.5. The summed E-state index contributed by atoms with van der Waals surface area (Å²) in [4.78, 5) is 24.4. The molecule has 138 valence electrons. The molecule has 3 aromatic rings. The van der Waals surface area contributed by atoms with E-state index in [1.165, 1.54) is 29.5 Å². The van der Waals surface area contributed by atoms with Crippen LogP contribution < -0.4 is 5.32 Å². The number of nitrogens with one attached hydrogen (secondary N) is 1. The molecule has 0 bridgehead atoms. The van der Waals surface area contributed by atoms with Crippen LogP contribution in [0.15, 0.2) is 60.7 Å². The summed E-state index contributed by atoms with van der Waals surface area (Å²) in [6.45, 7) is 0.189. The Hall–Kier alpha value is -2.74. The molecule has 0 spiro atoms. The number of aliphatic hydroxyl groups is 1. The van der Waals surface area contributed by atoms with Crippen molar-refractivity contribution in [2.45, 2.75) is 12.6 Å². The summed E-state index contributed by atoms with van der Waals surface area (Å²) in [6.07, 6.45) is -0.741. The van der Waals surface area contributed by atoms with E-state index < -0.39 is 16.9 Å². The second-order valence-electron chi connectivity index (χ2n) is 5.72. The Morgan fingerprint density at radius 3 is 2.63 bits per heavy atom. The van der Waals surface area contributed by atoms with Crippen LogP contribution in [-0.4, -0.2) is 15.9 Å². The average Bonchev–Trinajstić information content (AvgIpc) is 3.15. The van der Waals surface area contributed by atoms with E-state index in [4.69, 9.17) is 11.6 Å². The first-order chi connectivity index (χ1) is 13.0. The molecule has 0 aliphatic heterocycles. The first-order valence-corrected chi connectivity index (χ1v) is 9.19. The van der Waals surface area contributed by atoms with Gasteiger partial charge in [-0.25, -0.2) is 0 Å². The van der Waals surface area contributed by atoms with Gasteiger partial charge in [0.05, 0.1) is 11.5 Å². The Balaban J connectivity index is 1.70. The summed E-state index contributed by atoms with van der Waals surface area (Å²) >= 11 is 7.21. The third-order valence-corrected chi connectivity index (χ3v) is 5.26. The minimum atomic E-state index is -0.741. The molecule has 1 heterocycles. The van der Waals surface area contributed by atoms with Crippen molar-refractivity contribution in [3.8, 4) is 0 Å². The number of aliphatic hydroxyl groups excluding tert-OH is 1. The van der Waals surface area contributed by atoms with E-state index in [1.807, 2.05) is 30.3 Å². The van der Waals surface area contributed by atoms with Crippen molar-refractivity contribution in [2.75, 3.05) is 0 Å². The van der Waals surface area contributed by atoms with Crippen molar-refractivity contribution in [3.05, 3.63) is 96.7 Å². The third-order valence-electron chi connectivity index (χ3n) is 3.89. The van der Waals surface area contributed by atoms with Gasteiger partial charge in [-0.1, -0.05) is 41.9 Å². The molecule has 0 saturated carbocycles. The minimum absolute atomic E-state index is 0.0893. The number of thiophene rings is 1. The number of rotatable bonds is 6. The second-order valence-corrected chi connectivity index (χ2v) is 7.35. The molecule has 1 amide bonds. The smallest absolute Gasteiger partial charge is 0.282 e. The lowest BCUT2D eigenvalue weighted by Crippen LogP contribution is -2.23. The first-order valence-electron chi connectivity index (χ1n) is 7.99. The number of benzene rings is 2. The zero-order valence-corrected chi connectivity index (χ0v) is 15.5. The fourth-order valence-electron chi connectivity index (χ4n) is 2.55. The van der Waals surface area contributed by atoms with Crippen LogP contribution in [0.5, 0.6) is 0 Å². The fourth-order valence-corrected chi connectivity index (χ4v) is 3.69. The van der Waals surface area contributed by atoms with Crippen LogP contribution >= 0.6 is 22.9 Å². The van der Waals surface area contributed by atoms with Crippen molar-refractivity contribution in [3.63, 3.8) is 0 Å². The molecule has 1 atom stereocenters. The number of carbonyl (C=O) groups excluding carboxylic acids is 1. The molecule has 8 heteroatoms. The van der Waals surface area contributed by atoms with E-state index in [-0.39, 0.29) is 22.8 Å². The summed E-state index contributed by atoms with van der Waals surface area (Å²) in [6, 6.07) is 16.7. The number of nitrogens with zero attached hydrogens (tertiary/aromatic N) is 1. The molecule has 0 radical (unpaired) electrons. The van der Waals surface area contributed by atoms with Gasteiger partial charge in [-0.15, -0.1) is 11.3 Å². The number of nitro groups is 1. The van der Waals surface area contributed by atoms with Crippen LogP contribution in [0.1, 0.15) is 31.8 Å². The third kappa shape index (κ3) is 4.51. The SMILES string of the molecule is O=C(NCc1ccc(C(O)c2ccccc2)s1)c1cc(Cl)ccc1[N+](=O)[O-]. The van der Waals surface area contributed by atoms with Gasteiger partial charge >= 0.3 is 0 Å². The minimum Gasteiger partial charge on any atom is -0.383 e. The Morgan fingerprint density at radius 1 is 1.19 bits per heavy atom. The highest BCUT2D eigenvalue weighted by molar-refractivity contribution is 7.12. The molecule has 2 N–H and O–H groups in total. The van der Waals surface area contributed by atoms with E-state index >= 15 is 0 Å². The second kappa shape index (κ2) is 8.30. The van der Waals surface area contributed by atoms with Crippen LogP contribution in [0.3, 0.4) is 0 Å². The quantitative estimate of drug-likeness (QED) is 0.474. The maximum atomic E-state index is 12.3. The lowest BCUT2D eigenvalue weighted by atomic mass is 10.1. The number of halogens is 1. The summed E-state index contributed by atoms with van der Waals surface area (Å²) in [5.74, 6) is -0.581. The monoisotopic (exact) mass is 402 g/mol. The first kappa shape index (κ1) is 19.0. The lowest BCUT2D eigenvalue weighted by molar-refractivity contribution is -0.385. The van der Waals surface area contributed by atoms with Gasteiger partial charge in [0.2, 0.25) is 0 Å². The Morgan fingerprint density at radius 2 is 1.93 bits per heavy atom. The molecule has 0 aliphatic rings. The maximum Gasteiger partial charge on any atom is 0.282 e. The molecule has 0 saturated heterocycles. The molecule has 27 heavy (non-hydrogen) atoms. The van der Waals surface area contributed by atoms with Crippen molar-refractivity contribution in [1.29, 1.82) is 0 Å². The van der Waals surface area contributed by atoms with Crippen LogP contribution in [0, 0.1) is 10.1 Å². The van der Waals surface area contributed by atoms with Crippen LogP contribution in [0.4, 0.5) is 5.69 Å². The molecule has 3 rings (SSSR count). The molecule has 2 aromatic carbocycles. The van der Waals surface area contributed by atoms with Gasteiger partial charge in [-0.05, 0) is 29.8 Å². The van der Waals surface area contributed by atoms with Gasteiger partial charge in [0.25, 0.3) is 11.6 Å². The van der Waals surface area contributed by atoms with E-state index in [0.29, 0.717) is 0 Å². The average molecular weight is 403 g/mol. The number of hydrogen-bond donors (Lipinski definition) is 2. The number of nitro benzene ring substituents is 1. The molecule has 0 fully saturated rings. The molecular formula is C19H15ClN2O4S. The molecule has 0 aliphatic carbocycles. The molecule has 1 aromatic heterocycles. The van der Waals surface area contributed by atoms with Crippen molar-refractivity contribution in [2.24, 2.45) is 0 Å². The zero-order chi connectivity index (χ0) is 19.4. The summed E-state index contributed by atoms with van der Waals surface area (Å²) < 4.78 is 0. The van der Waals surface area contributed by atoms with E-state index in [2.05, 4.69) is 5.32 Å². The van der Waals surface area contributed by atoms with Gasteiger partial charge in [0.15, 0.2) is 0 Å². The fraction of sp³-hybridized carbons (Fsp3) is 0.105. The Labute approximate surface area is 164 Å². The predicted molar refractivity (Wildman–Crippen MR) is 104 cm³/mol. The summed E-state index contributed by atoms with van der Waals surface area (Å²) in [5.41, 5.74) is 0.390. The Bertz CT molecular complexity index is 975. The molecular weight excluding hydrogens is 388 g/mol. The number of carbonyl (C=O) groups is 1.